The minimum absolute atomic E-state index is 0.0717. The molecule has 1 heterocycles. The number of hydrogen-bond acceptors (Lipinski definition) is 5. The molecule has 3 atom stereocenters. The number of carboxylic acids is 1. The summed E-state index contributed by atoms with van der Waals surface area (Å²) in [4.78, 5) is 24.7. The van der Waals surface area contributed by atoms with Crippen LogP contribution in [0.5, 0.6) is 0 Å². The highest BCUT2D eigenvalue weighted by Crippen LogP contribution is 2.23. The summed E-state index contributed by atoms with van der Waals surface area (Å²) in [6.45, 7) is 9.49. The van der Waals surface area contributed by atoms with Crippen molar-refractivity contribution in [3.63, 3.8) is 0 Å². The number of alkyl carbamates (subject to hydrolysis) is 1. The Labute approximate surface area is 131 Å². The van der Waals surface area contributed by atoms with E-state index in [2.05, 4.69) is 5.32 Å². The van der Waals surface area contributed by atoms with Gasteiger partial charge in [-0.05, 0) is 39.5 Å². The van der Waals surface area contributed by atoms with Crippen LogP contribution in [0.15, 0.2) is 0 Å². The van der Waals surface area contributed by atoms with Gasteiger partial charge in [-0.3, -0.25) is 9.69 Å². The van der Waals surface area contributed by atoms with Crippen LogP contribution in [0.4, 0.5) is 4.79 Å². The van der Waals surface area contributed by atoms with E-state index in [1.54, 1.807) is 20.8 Å². The van der Waals surface area contributed by atoms with Gasteiger partial charge in [0.1, 0.15) is 17.9 Å². The van der Waals surface area contributed by atoms with Crippen LogP contribution >= 0.6 is 0 Å². The lowest BCUT2D eigenvalue weighted by Crippen LogP contribution is -2.57. The van der Waals surface area contributed by atoms with E-state index in [4.69, 9.17) is 4.74 Å². The summed E-state index contributed by atoms with van der Waals surface area (Å²) in [6.07, 6.45) is -0.456. The number of carbonyl (C=O) groups is 2. The van der Waals surface area contributed by atoms with Crippen molar-refractivity contribution in [3.8, 4) is 0 Å². The Kier molecular flexibility index (Phi) is 6.19. The molecular formula is C15H28N2O5. The molecule has 22 heavy (non-hydrogen) atoms. The van der Waals surface area contributed by atoms with Gasteiger partial charge in [0.2, 0.25) is 0 Å². The van der Waals surface area contributed by atoms with E-state index in [9.17, 15) is 19.8 Å². The third-order valence-corrected chi connectivity index (χ3v) is 3.64. The lowest BCUT2D eigenvalue weighted by Gasteiger charge is -2.35. The van der Waals surface area contributed by atoms with Crippen LogP contribution < -0.4 is 5.32 Å². The lowest BCUT2D eigenvalue weighted by molar-refractivity contribution is -0.147. The molecule has 7 heteroatoms. The van der Waals surface area contributed by atoms with Gasteiger partial charge in [0.25, 0.3) is 0 Å². The first kappa shape index (κ1) is 18.7. The number of hydrogen-bond donors (Lipinski definition) is 3. The molecule has 0 aromatic heterocycles. The molecule has 1 amide bonds. The number of likely N-dealkylation sites (tertiary alicyclic amines) is 1. The van der Waals surface area contributed by atoms with Crippen LogP contribution in [0.3, 0.4) is 0 Å². The first-order valence-electron chi connectivity index (χ1n) is 7.69. The highest BCUT2D eigenvalue weighted by atomic mass is 16.6. The molecule has 0 spiro atoms. The second-order valence-electron chi connectivity index (χ2n) is 7.06. The number of ether oxygens (including phenoxy) is 1. The summed E-state index contributed by atoms with van der Waals surface area (Å²) in [6, 6.07) is -1.31. The van der Waals surface area contributed by atoms with Gasteiger partial charge in [0.05, 0.1) is 6.04 Å². The Bertz CT molecular complexity index is 405. The van der Waals surface area contributed by atoms with E-state index in [1.165, 1.54) is 4.90 Å². The summed E-state index contributed by atoms with van der Waals surface area (Å²) < 4.78 is 5.21. The van der Waals surface area contributed by atoms with Crippen molar-refractivity contribution >= 4 is 12.1 Å². The minimum atomic E-state index is -1.06. The zero-order valence-electron chi connectivity index (χ0n) is 14.0. The number of rotatable bonds is 5. The van der Waals surface area contributed by atoms with Gasteiger partial charge in [0.15, 0.2) is 0 Å². The zero-order valence-corrected chi connectivity index (χ0v) is 14.0. The van der Waals surface area contributed by atoms with Crippen LogP contribution in [-0.4, -0.2) is 57.6 Å². The maximum atomic E-state index is 11.9. The standard InChI is InChI=1S/C15H28N2O5/c1-9(2)11(16-14(21)22-15(3,4)5)12(18)17-8-6-7-10(17)13(19)20/h9-12,18H,6-8H2,1-5H3,(H,16,21)(H,19,20). The van der Waals surface area contributed by atoms with E-state index in [-0.39, 0.29) is 5.92 Å². The SMILES string of the molecule is CC(C)C(NC(=O)OC(C)(C)C)C(O)N1CCCC1C(=O)O. The summed E-state index contributed by atoms with van der Waals surface area (Å²) >= 11 is 0. The number of nitrogens with one attached hydrogen (secondary N) is 1. The molecule has 1 rings (SSSR count). The third-order valence-electron chi connectivity index (χ3n) is 3.64. The van der Waals surface area contributed by atoms with E-state index in [1.807, 2.05) is 13.8 Å². The molecule has 1 fully saturated rings. The molecule has 0 aromatic rings. The average molecular weight is 316 g/mol. The Morgan fingerprint density at radius 3 is 2.36 bits per heavy atom. The number of carboxylic acid groups (broad SMARTS) is 1. The maximum Gasteiger partial charge on any atom is 0.408 e. The summed E-state index contributed by atoms with van der Waals surface area (Å²) in [7, 11) is 0. The van der Waals surface area contributed by atoms with Crippen LogP contribution in [-0.2, 0) is 9.53 Å². The fraction of sp³-hybridized carbons (Fsp3) is 0.867. The second-order valence-corrected chi connectivity index (χ2v) is 7.06. The molecule has 7 nitrogen and oxygen atoms in total. The van der Waals surface area contributed by atoms with Gasteiger partial charge in [-0.25, -0.2) is 4.79 Å². The van der Waals surface area contributed by atoms with Crippen LogP contribution in [0, 0.1) is 5.92 Å². The van der Waals surface area contributed by atoms with Crippen molar-refractivity contribution < 1.29 is 24.5 Å². The number of aliphatic carboxylic acids is 1. The smallest absolute Gasteiger partial charge is 0.408 e. The molecule has 128 valence electrons. The fourth-order valence-corrected chi connectivity index (χ4v) is 2.61. The van der Waals surface area contributed by atoms with Gasteiger partial charge < -0.3 is 20.3 Å². The number of nitrogens with zero attached hydrogens (tertiary/aromatic N) is 1. The van der Waals surface area contributed by atoms with Gasteiger partial charge >= 0.3 is 12.1 Å². The number of aliphatic hydroxyl groups is 1. The van der Waals surface area contributed by atoms with Crippen molar-refractivity contribution in [1.29, 1.82) is 0 Å². The Morgan fingerprint density at radius 2 is 1.91 bits per heavy atom. The second kappa shape index (κ2) is 7.28. The summed E-state index contributed by atoms with van der Waals surface area (Å²) in [5.41, 5.74) is -0.631. The molecular weight excluding hydrogens is 288 g/mol. The molecule has 0 saturated carbocycles. The molecule has 0 bridgehead atoms. The fourth-order valence-electron chi connectivity index (χ4n) is 2.61. The van der Waals surface area contributed by atoms with Crippen LogP contribution in [0.1, 0.15) is 47.5 Å². The van der Waals surface area contributed by atoms with E-state index < -0.39 is 36.0 Å². The first-order valence-corrected chi connectivity index (χ1v) is 7.69. The van der Waals surface area contributed by atoms with Crippen molar-refractivity contribution in [1.82, 2.24) is 10.2 Å². The number of amides is 1. The molecule has 0 radical (unpaired) electrons. The highest BCUT2D eigenvalue weighted by molar-refractivity contribution is 5.74. The number of carbonyl (C=O) groups excluding carboxylic acids is 1. The van der Waals surface area contributed by atoms with E-state index in [0.29, 0.717) is 19.4 Å². The van der Waals surface area contributed by atoms with Gasteiger partial charge in [-0.2, -0.15) is 0 Å². The predicted molar refractivity (Wildman–Crippen MR) is 81.4 cm³/mol. The van der Waals surface area contributed by atoms with Gasteiger partial charge in [0, 0.05) is 6.54 Å². The predicted octanol–water partition coefficient (Wildman–Crippen LogP) is 1.40. The molecule has 3 unspecified atom stereocenters. The summed E-state index contributed by atoms with van der Waals surface area (Å²) in [5.74, 6) is -1.02. The molecule has 1 aliphatic heterocycles. The van der Waals surface area contributed by atoms with Crippen LogP contribution in [0.2, 0.25) is 0 Å². The molecule has 1 aliphatic rings. The Morgan fingerprint density at radius 1 is 1.32 bits per heavy atom. The molecule has 0 aromatic carbocycles. The molecule has 1 saturated heterocycles. The van der Waals surface area contributed by atoms with Gasteiger partial charge in [-0.15, -0.1) is 0 Å². The lowest BCUT2D eigenvalue weighted by atomic mass is 10.0. The minimum Gasteiger partial charge on any atom is -0.480 e. The largest absolute Gasteiger partial charge is 0.480 e. The third kappa shape index (κ3) is 5.14. The van der Waals surface area contributed by atoms with Gasteiger partial charge in [-0.1, -0.05) is 13.8 Å². The van der Waals surface area contributed by atoms with Crippen molar-refractivity contribution in [2.24, 2.45) is 5.92 Å². The van der Waals surface area contributed by atoms with Crippen LogP contribution in [0.25, 0.3) is 0 Å². The van der Waals surface area contributed by atoms with Crippen molar-refractivity contribution in [2.75, 3.05) is 6.54 Å². The number of aliphatic hydroxyl groups excluding tert-OH is 1. The first-order chi connectivity index (χ1) is 10.0. The van der Waals surface area contributed by atoms with Crippen molar-refractivity contribution in [2.45, 2.75) is 71.4 Å². The molecule has 3 N–H and O–H groups in total. The molecule has 0 aliphatic carbocycles. The Hall–Kier alpha value is -1.34. The monoisotopic (exact) mass is 316 g/mol. The normalized spacial score (nSPS) is 22.4. The summed E-state index contributed by atoms with van der Waals surface area (Å²) in [5, 5.41) is 22.4. The average Bonchev–Trinajstić information content (AvgIpc) is 2.81. The van der Waals surface area contributed by atoms with E-state index >= 15 is 0 Å². The topological polar surface area (TPSA) is 99.1 Å². The van der Waals surface area contributed by atoms with Crippen molar-refractivity contribution in [3.05, 3.63) is 0 Å². The highest BCUT2D eigenvalue weighted by Gasteiger charge is 2.39. The maximum absolute atomic E-state index is 11.9. The Balaban J connectivity index is 2.78. The van der Waals surface area contributed by atoms with E-state index in [0.717, 1.165) is 0 Å². The zero-order chi connectivity index (χ0) is 17.1. The quantitative estimate of drug-likeness (QED) is 0.709.